The van der Waals surface area contributed by atoms with Crippen molar-refractivity contribution in [3.05, 3.63) is 211 Å². The highest BCUT2D eigenvalue weighted by molar-refractivity contribution is 6.33. The molecule has 6 aliphatic heterocycles. The van der Waals surface area contributed by atoms with Gasteiger partial charge < -0.3 is 90.3 Å². The Morgan fingerprint density at radius 3 is 0.933 bits per heavy atom. The van der Waals surface area contributed by atoms with E-state index in [1.54, 1.807) is 131 Å². The van der Waals surface area contributed by atoms with Crippen molar-refractivity contribution in [1.82, 2.24) is 60.6 Å². The number of halogens is 3. The first-order valence-electron chi connectivity index (χ1n) is 39.7. The van der Waals surface area contributed by atoms with Crippen LogP contribution in [0.3, 0.4) is 0 Å². The summed E-state index contributed by atoms with van der Waals surface area (Å²) >= 11 is 19.4. The zero-order chi connectivity index (χ0) is 84.7. The Labute approximate surface area is 709 Å². The number of ether oxygens (including phenoxy) is 6. The summed E-state index contributed by atoms with van der Waals surface area (Å²) in [7, 11) is 4.66. The van der Waals surface area contributed by atoms with Gasteiger partial charge >= 0.3 is 0 Å². The van der Waals surface area contributed by atoms with Crippen molar-refractivity contribution in [2.75, 3.05) is 116 Å². The Morgan fingerprint density at radius 2 is 0.683 bits per heavy atom. The number of carbonyl (C=O) groups excluding carboxylic acids is 6. The minimum Gasteiger partial charge on any atom is -0.497 e. The van der Waals surface area contributed by atoms with E-state index in [-0.39, 0.29) is 111 Å². The molecule has 6 aliphatic rings. The zero-order valence-electron chi connectivity index (χ0n) is 67.2. The fourth-order valence-corrected chi connectivity index (χ4v) is 15.9. The number of aromatic nitrogens is 6. The molecule has 0 saturated carbocycles. The van der Waals surface area contributed by atoms with E-state index < -0.39 is 18.1 Å². The molecule has 3 fully saturated rings. The number of fused-ring (bicyclic) bond motifs is 3. The highest BCUT2D eigenvalue weighted by Crippen LogP contribution is 2.42. The monoisotopic (exact) mass is 1700 g/mol. The van der Waals surface area contributed by atoms with Gasteiger partial charge in [-0.05, 0) is 147 Å². The van der Waals surface area contributed by atoms with E-state index in [9.17, 15) is 44.1 Å². The van der Waals surface area contributed by atoms with E-state index in [2.05, 4.69) is 61.8 Å². The number of benzene rings is 6. The summed E-state index contributed by atoms with van der Waals surface area (Å²) in [5, 5.41) is 49.4. The third-order valence-electron chi connectivity index (χ3n) is 22.1. The van der Waals surface area contributed by atoms with Crippen LogP contribution in [0.2, 0.25) is 15.1 Å². The molecular weight excluding hydrogens is 1600 g/mol. The van der Waals surface area contributed by atoms with Crippen molar-refractivity contribution < 1.29 is 72.5 Å². The molecule has 0 bridgehead atoms. The van der Waals surface area contributed by atoms with E-state index in [0.717, 1.165) is 55.2 Å². The number of amides is 6. The molecule has 0 radical (unpaired) electrons. The molecule has 9 N–H and O–H groups in total. The normalized spacial score (nSPS) is 17.9. The number of anilines is 3. The fourth-order valence-electron chi connectivity index (χ4n) is 15.3. The lowest BCUT2D eigenvalue weighted by Crippen LogP contribution is -2.41. The van der Waals surface area contributed by atoms with Crippen LogP contribution in [0, 0.1) is 0 Å². The number of aliphatic hydroxyl groups excluding tert-OH is 3. The van der Waals surface area contributed by atoms with Gasteiger partial charge in [0.15, 0.2) is 0 Å². The third kappa shape index (κ3) is 20.6. The van der Waals surface area contributed by atoms with Crippen molar-refractivity contribution in [2.24, 2.45) is 0 Å². The maximum atomic E-state index is 13.4. The number of methoxy groups -OCH3 is 3. The van der Waals surface area contributed by atoms with Gasteiger partial charge in [-0.1, -0.05) is 108 Å². The van der Waals surface area contributed by atoms with Crippen molar-refractivity contribution in [1.29, 1.82) is 0 Å². The molecule has 9 heterocycles. The van der Waals surface area contributed by atoms with Crippen molar-refractivity contribution in [3.8, 4) is 51.0 Å². The van der Waals surface area contributed by atoms with Gasteiger partial charge in [0.05, 0.1) is 128 Å². The highest BCUT2D eigenvalue weighted by Gasteiger charge is 2.40. The number of nitrogens with one attached hydrogen (secondary N) is 6. The number of nitrogens with zero attached hydrogens (tertiary/aromatic N) is 9. The van der Waals surface area contributed by atoms with Crippen LogP contribution in [-0.2, 0) is 28.6 Å². The predicted molar refractivity (Wildman–Crippen MR) is 451 cm³/mol. The molecule has 630 valence electrons. The summed E-state index contributed by atoms with van der Waals surface area (Å²) in [6.45, 7) is 8.47. The fraction of sp³-hybridized carbons (Fsp3) is 0.379. The smallest absolute Gasteiger partial charge is 0.255 e. The summed E-state index contributed by atoms with van der Waals surface area (Å²) in [6, 6.07) is 35.8. The van der Waals surface area contributed by atoms with Crippen molar-refractivity contribution in [3.63, 3.8) is 0 Å². The molecule has 3 saturated heterocycles. The molecule has 30 nitrogen and oxygen atoms in total. The maximum absolute atomic E-state index is 13.4. The van der Waals surface area contributed by atoms with Gasteiger partial charge in [0.25, 0.3) is 17.7 Å². The average Bonchev–Trinajstić information content (AvgIpc) is 1.62. The predicted octanol–water partition coefficient (Wildman–Crippen LogP) is 11.3. The highest BCUT2D eigenvalue weighted by atomic mass is 35.5. The van der Waals surface area contributed by atoms with Crippen LogP contribution in [0.4, 0.5) is 17.8 Å². The molecule has 6 aromatic carbocycles. The molecule has 15 rings (SSSR count). The van der Waals surface area contributed by atoms with Crippen molar-refractivity contribution >= 4 is 88.1 Å². The molecule has 6 atom stereocenters. The van der Waals surface area contributed by atoms with E-state index >= 15 is 0 Å². The topological polar surface area (TPSA) is 378 Å². The second-order valence-electron chi connectivity index (χ2n) is 29.7. The van der Waals surface area contributed by atoms with Crippen molar-refractivity contribution in [2.45, 2.75) is 114 Å². The summed E-state index contributed by atoms with van der Waals surface area (Å²) in [6.07, 6.45) is 9.88. The number of rotatable bonds is 27. The molecule has 6 amide bonds. The van der Waals surface area contributed by atoms with Crippen LogP contribution in [0.15, 0.2) is 146 Å². The van der Waals surface area contributed by atoms with Gasteiger partial charge in [0, 0.05) is 91.1 Å². The molecular formula is C87H96Cl3N15O15. The Kier molecular flexibility index (Phi) is 29.1. The second-order valence-corrected chi connectivity index (χ2v) is 31.0. The summed E-state index contributed by atoms with van der Waals surface area (Å²) in [5.41, 5.74) is 9.69. The number of carbonyl (C=O) groups is 6. The molecule has 0 aliphatic carbocycles. The summed E-state index contributed by atoms with van der Waals surface area (Å²) in [5.74, 6) is 1.37. The first kappa shape index (κ1) is 86.7. The van der Waals surface area contributed by atoms with Crippen LogP contribution in [0.25, 0.3) is 33.8 Å². The van der Waals surface area contributed by atoms with Gasteiger partial charge in [0.1, 0.15) is 36.9 Å². The molecule has 0 spiro atoms. The molecule has 3 aromatic heterocycles. The Hall–Kier alpha value is -11.2. The SMILES string of the molecule is COc1cccc([C@@H](CO)NC(=O)CN2C(=O)c3cc(-c4nc(NC5CCOCC5)ncc4Cl)ccc3C2C)c1.COc1cccc([C@@H](CO)NC(=O)CN2C(=O)c3cc(-c4nc(NC5CCOCC5)ncc4Cl)ccc3[C@@H]2C)c1.COc1cccc([C@@H](CO)NC(=O)CN2C(=O)c3cc(-c4nc(NC5CCOCC5)ncc4Cl)ccc3[C@H]2C)c1. The third-order valence-corrected chi connectivity index (χ3v) is 22.9. The van der Waals surface area contributed by atoms with Crippen LogP contribution in [0.1, 0.15) is 160 Å². The van der Waals surface area contributed by atoms with Crippen LogP contribution in [0.5, 0.6) is 17.2 Å². The van der Waals surface area contributed by atoms with Crippen LogP contribution in [-0.4, -0.2) is 214 Å². The lowest BCUT2D eigenvalue weighted by Gasteiger charge is -2.23. The van der Waals surface area contributed by atoms with Crippen LogP contribution >= 0.6 is 34.8 Å². The Bertz CT molecular complexity index is 4690. The van der Waals surface area contributed by atoms with Gasteiger partial charge in [-0.25, -0.2) is 29.9 Å². The van der Waals surface area contributed by atoms with Crippen LogP contribution < -0.4 is 46.1 Å². The minimum atomic E-state index is -0.631. The Morgan fingerprint density at radius 1 is 0.417 bits per heavy atom. The number of hydrogen-bond donors (Lipinski definition) is 9. The number of hydrogen-bond acceptors (Lipinski definition) is 24. The molecule has 120 heavy (non-hydrogen) atoms. The lowest BCUT2D eigenvalue weighted by atomic mass is 10.0. The van der Waals surface area contributed by atoms with Gasteiger partial charge in [-0.15, -0.1) is 0 Å². The second kappa shape index (κ2) is 40.2. The number of aliphatic hydroxyl groups is 3. The lowest BCUT2D eigenvalue weighted by molar-refractivity contribution is -0.123. The van der Waals surface area contributed by atoms with E-state index in [4.69, 9.17) is 63.2 Å². The van der Waals surface area contributed by atoms with E-state index in [1.165, 1.54) is 14.7 Å². The van der Waals surface area contributed by atoms with Gasteiger partial charge in [-0.3, -0.25) is 28.8 Å². The average molecular weight is 1700 g/mol. The minimum absolute atomic E-state index is 0.155. The summed E-state index contributed by atoms with van der Waals surface area (Å²) < 4.78 is 32.0. The summed E-state index contributed by atoms with van der Waals surface area (Å²) in [4.78, 5) is 111. The molecule has 1 unspecified atom stereocenters. The van der Waals surface area contributed by atoms with Gasteiger partial charge in [-0.2, -0.15) is 0 Å². The van der Waals surface area contributed by atoms with Gasteiger partial charge in [0.2, 0.25) is 35.6 Å². The van der Waals surface area contributed by atoms with E-state index in [1.807, 2.05) is 57.2 Å². The largest absolute Gasteiger partial charge is 0.497 e. The standard InChI is InChI=1S/3C29H32ClN5O5/c3*1-17-22-7-6-19(27-24(30)14-31-29(34-27)32-20-8-10-40-11-9-20)13-23(22)28(38)35(17)15-26(37)33-25(16-36)18-4-3-5-21(12-18)39-2/h3*3-7,12-14,17,20,25,36H,8-11,15-16H2,1-2H3,(H,33,37)(H,31,32,34)/t17?,25-;17-,25+;17-,25-/m101/s1. The Balaban J connectivity index is 0.000000156. The molecule has 33 heteroatoms. The zero-order valence-corrected chi connectivity index (χ0v) is 69.4. The quantitative estimate of drug-likeness (QED) is 0.0231. The first-order valence-corrected chi connectivity index (χ1v) is 40.8. The van der Waals surface area contributed by atoms with E-state index in [0.29, 0.717) is 157 Å². The molecule has 9 aromatic rings. The maximum Gasteiger partial charge on any atom is 0.255 e. The first-order chi connectivity index (χ1) is 58.1.